The molecule has 0 saturated heterocycles. The zero-order valence-electron chi connectivity index (χ0n) is 12.2. The molecule has 0 radical (unpaired) electrons. The molecule has 0 spiro atoms. The van der Waals surface area contributed by atoms with Crippen LogP contribution in [0.2, 0.25) is 0 Å². The van der Waals surface area contributed by atoms with Crippen molar-refractivity contribution in [2.45, 2.75) is 39.7 Å². The number of esters is 1. The van der Waals surface area contributed by atoms with Crippen molar-refractivity contribution in [1.29, 1.82) is 0 Å². The molecule has 1 N–H and O–H groups in total. The van der Waals surface area contributed by atoms with Crippen molar-refractivity contribution >= 4 is 17.9 Å². The van der Waals surface area contributed by atoms with Crippen molar-refractivity contribution in [2.24, 2.45) is 0 Å². The SMILES string of the molecule is CCOC(=O)Cc1ccc(NC(=O)OC(C)(C)C)nc1. The summed E-state index contributed by atoms with van der Waals surface area (Å²) in [6.45, 7) is 7.45. The van der Waals surface area contributed by atoms with Crippen molar-refractivity contribution in [3.63, 3.8) is 0 Å². The number of carbonyl (C=O) groups excluding carboxylic acids is 2. The van der Waals surface area contributed by atoms with Gasteiger partial charge in [-0.1, -0.05) is 6.07 Å². The van der Waals surface area contributed by atoms with Crippen molar-refractivity contribution < 1.29 is 19.1 Å². The summed E-state index contributed by atoms with van der Waals surface area (Å²) in [5, 5.41) is 2.52. The van der Waals surface area contributed by atoms with Gasteiger partial charge in [-0.05, 0) is 39.3 Å². The minimum atomic E-state index is -0.567. The molecule has 6 nitrogen and oxygen atoms in total. The van der Waals surface area contributed by atoms with E-state index in [1.54, 1.807) is 39.8 Å². The molecule has 0 unspecified atom stereocenters. The van der Waals surface area contributed by atoms with Gasteiger partial charge in [-0.2, -0.15) is 0 Å². The molecule has 110 valence electrons. The molecular formula is C14H20N2O4. The summed E-state index contributed by atoms with van der Waals surface area (Å²) in [4.78, 5) is 26.9. The van der Waals surface area contributed by atoms with E-state index >= 15 is 0 Å². The Kier molecular flexibility index (Phi) is 5.49. The van der Waals surface area contributed by atoms with Crippen LogP contribution in [0.1, 0.15) is 33.3 Å². The lowest BCUT2D eigenvalue weighted by atomic mass is 10.2. The van der Waals surface area contributed by atoms with Crippen LogP contribution < -0.4 is 5.32 Å². The maximum Gasteiger partial charge on any atom is 0.413 e. The van der Waals surface area contributed by atoms with Gasteiger partial charge in [0.05, 0.1) is 13.0 Å². The van der Waals surface area contributed by atoms with Crippen LogP contribution in [-0.2, 0) is 20.7 Å². The Labute approximate surface area is 118 Å². The summed E-state index contributed by atoms with van der Waals surface area (Å²) in [5.41, 5.74) is 0.159. The van der Waals surface area contributed by atoms with Gasteiger partial charge in [0.15, 0.2) is 0 Å². The Morgan fingerprint density at radius 1 is 1.30 bits per heavy atom. The van der Waals surface area contributed by atoms with Crippen molar-refractivity contribution in [2.75, 3.05) is 11.9 Å². The molecule has 6 heteroatoms. The molecule has 0 aliphatic rings. The van der Waals surface area contributed by atoms with Gasteiger partial charge in [-0.3, -0.25) is 10.1 Å². The van der Waals surface area contributed by atoms with E-state index in [9.17, 15) is 9.59 Å². The number of hydrogen-bond acceptors (Lipinski definition) is 5. The molecule has 0 aromatic carbocycles. The lowest BCUT2D eigenvalue weighted by Gasteiger charge is -2.19. The number of hydrogen-bond donors (Lipinski definition) is 1. The van der Waals surface area contributed by atoms with Gasteiger partial charge in [-0.15, -0.1) is 0 Å². The summed E-state index contributed by atoms with van der Waals surface area (Å²) in [5.74, 6) is 0.0639. The minimum absolute atomic E-state index is 0.160. The number of ether oxygens (including phenoxy) is 2. The number of pyridine rings is 1. The van der Waals surface area contributed by atoms with Crippen LogP contribution in [0.3, 0.4) is 0 Å². The molecule has 1 rings (SSSR count). The fraction of sp³-hybridized carbons (Fsp3) is 0.500. The molecule has 0 saturated carbocycles. The molecule has 0 aliphatic carbocycles. The van der Waals surface area contributed by atoms with E-state index in [0.717, 1.165) is 5.56 Å². The second kappa shape index (κ2) is 6.88. The molecule has 0 fully saturated rings. The van der Waals surface area contributed by atoms with Crippen molar-refractivity contribution in [1.82, 2.24) is 4.98 Å². The Morgan fingerprint density at radius 2 is 2.00 bits per heavy atom. The molecule has 0 bridgehead atoms. The van der Waals surface area contributed by atoms with Crippen LogP contribution in [0.25, 0.3) is 0 Å². The van der Waals surface area contributed by atoms with Gasteiger partial charge < -0.3 is 9.47 Å². The summed E-state index contributed by atoms with van der Waals surface area (Å²) < 4.78 is 9.94. The molecule has 1 aromatic rings. The number of carbonyl (C=O) groups is 2. The molecule has 1 aromatic heterocycles. The molecule has 20 heavy (non-hydrogen) atoms. The fourth-order valence-corrected chi connectivity index (χ4v) is 1.39. The quantitative estimate of drug-likeness (QED) is 0.857. The zero-order valence-corrected chi connectivity index (χ0v) is 12.2. The smallest absolute Gasteiger partial charge is 0.413 e. The monoisotopic (exact) mass is 280 g/mol. The highest BCUT2D eigenvalue weighted by Crippen LogP contribution is 2.11. The van der Waals surface area contributed by atoms with E-state index in [-0.39, 0.29) is 12.4 Å². The number of nitrogens with one attached hydrogen (secondary N) is 1. The molecule has 0 atom stereocenters. The maximum absolute atomic E-state index is 11.5. The lowest BCUT2D eigenvalue weighted by Crippen LogP contribution is -2.27. The number of aromatic nitrogens is 1. The predicted octanol–water partition coefficient (Wildman–Crippen LogP) is 2.53. The second-order valence-electron chi connectivity index (χ2n) is 5.16. The van der Waals surface area contributed by atoms with Crippen LogP contribution in [0, 0.1) is 0 Å². The fourth-order valence-electron chi connectivity index (χ4n) is 1.39. The summed E-state index contributed by atoms with van der Waals surface area (Å²) in [6, 6.07) is 3.31. The van der Waals surface area contributed by atoms with Crippen LogP contribution in [0.5, 0.6) is 0 Å². The third-order valence-electron chi connectivity index (χ3n) is 2.11. The lowest BCUT2D eigenvalue weighted by molar-refractivity contribution is -0.142. The normalized spacial score (nSPS) is 10.8. The number of nitrogens with zero attached hydrogens (tertiary/aromatic N) is 1. The van der Waals surface area contributed by atoms with Crippen LogP contribution >= 0.6 is 0 Å². The molecule has 1 heterocycles. The van der Waals surface area contributed by atoms with E-state index in [1.807, 2.05) is 0 Å². The minimum Gasteiger partial charge on any atom is -0.466 e. The first-order chi connectivity index (χ1) is 9.30. The third-order valence-corrected chi connectivity index (χ3v) is 2.11. The molecular weight excluding hydrogens is 260 g/mol. The van der Waals surface area contributed by atoms with Gasteiger partial charge in [-0.25, -0.2) is 9.78 Å². The summed E-state index contributed by atoms with van der Waals surface area (Å²) >= 11 is 0. The standard InChI is InChI=1S/C14H20N2O4/c1-5-19-12(17)8-10-6-7-11(15-9-10)16-13(18)20-14(2,3)4/h6-7,9H,5,8H2,1-4H3,(H,15,16,18). The predicted molar refractivity (Wildman–Crippen MR) is 74.4 cm³/mol. The van der Waals surface area contributed by atoms with Gasteiger partial charge in [0.2, 0.25) is 0 Å². The van der Waals surface area contributed by atoms with E-state index in [2.05, 4.69) is 10.3 Å². The van der Waals surface area contributed by atoms with E-state index < -0.39 is 11.7 Å². The van der Waals surface area contributed by atoms with Gasteiger partial charge in [0, 0.05) is 6.20 Å². The van der Waals surface area contributed by atoms with Crippen molar-refractivity contribution in [3.8, 4) is 0 Å². The van der Waals surface area contributed by atoms with Crippen molar-refractivity contribution in [3.05, 3.63) is 23.9 Å². The van der Waals surface area contributed by atoms with Gasteiger partial charge >= 0.3 is 12.1 Å². The average Bonchev–Trinajstić information content (AvgIpc) is 2.29. The summed E-state index contributed by atoms with van der Waals surface area (Å²) in [6.07, 6.45) is 1.11. The average molecular weight is 280 g/mol. The van der Waals surface area contributed by atoms with Crippen LogP contribution in [0.15, 0.2) is 18.3 Å². The first kappa shape index (κ1) is 15.9. The Hall–Kier alpha value is -2.11. The highest BCUT2D eigenvalue weighted by Gasteiger charge is 2.16. The Balaban J connectivity index is 2.54. The Bertz CT molecular complexity index is 463. The van der Waals surface area contributed by atoms with Gasteiger partial charge in [0.1, 0.15) is 11.4 Å². The number of anilines is 1. The summed E-state index contributed by atoms with van der Waals surface area (Å²) in [7, 11) is 0. The topological polar surface area (TPSA) is 77.5 Å². The van der Waals surface area contributed by atoms with Crippen LogP contribution in [0.4, 0.5) is 10.6 Å². The highest BCUT2D eigenvalue weighted by atomic mass is 16.6. The highest BCUT2D eigenvalue weighted by molar-refractivity contribution is 5.83. The van der Waals surface area contributed by atoms with Gasteiger partial charge in [0.25, 0.3) is 0 Å². The maximum atomic E-state index is 11.5. The second-order valence-corrected chi connectivity index (χ2v) is 5.16. The number of amides is 1. The first-order valence-electron chi connectivity index (χ1n) is 6.40. The third kappa shape index (κ3) is 6.17. The van der Waals surface area contributed by atoms with E-state index in [0.29, 0.717) is 12.4 Å². The zero-order chi connectivity index (χ0) is 15.2. The van der Waals surface area contributed by atoms with E-state index in [4.69, 9.17) is 9.47 Å². The van der Waals surface area contributed by atoms with E-state index in [1.165, 1.54) is 6.20 Å². The largest absolute Gasteiger partial charge is 0.466 e. The molecule has 1 amide bonds. The number of rotatable bonds is 4. The Morgan fingerprint density at radius 3 is 2.50 bits per heavy atom. The molecule has 0 aliphatic heterocycles. The first-order valence-corrected chi connectivity index (χ1v) is 6.40. The van der Waals surface area contributed by atoms with Crippen LogP contribution in [-0.4, -0.2) is 29.3 Å².